The summed E-state index contributed by atoms with van der Waals surface area (Å²) >= 11 is 0. The minimum Gasteiger partial charge on any atom is -0.359 e. The lowest BCUT2D eigenvalue weighted by atomic mass is 10.1. The molecule has 2 fully saturated rings. The highest BCUT2D eigenvalue weighted by Crippen LogP contribution is 2.38. The van der Waals surface area contributed by atoms with E-state index in [9.17, 15) is 4.79 Å². The summed E-state index contributed by atoms with van der Waals surface area (Å²) in [6, 6.07) is 10.2. The molecule has 0 N–H and O–H groups in total. The third-order valence-corrected chi connectivity index (χ3v) is 5.61. The van der Waals surface area contributed by atoms with Crippen LogP contribution < -0.4 is 0 Å². The highest BCUT2D eigenvalue weighted by molar-refractivity contribution is 5.92. The van der Waals surface area contributed by atoms with Gasteiger partial charge in [-0.15, -0.1) is 0 Å². The van der Waals surface area contributed by atoms with Crippen molar-refractivity contribution in [3.63, 3.8) is 0 Å². The molecule has 1 amide bonds. The lowest BCUT2D eigenvalue weighted by Gasteiger charge is -2.25. The van der Waals surface area contributed by atoms with Gasteiger partial charge < -0.3 is 14.0 Å². The minimum atomic E-state index is 0.00871. The molecule has 6 heteroatoms. The summed E-state index contributed by atoms with van der Waals surface area (Å²) in [5, 5.41) is 4.03. The Bertz CT molecular complexity index is 957. The zero-order chi connectivity index (χ0) is 17.0. The first-order valence-corrected chi connectivity index (χ1v) is 8.87. The van der Waals surface area contributed by atoms with Crippen LogP contribution in [0.3, 0.4) is 0 Å². The molecule has 1 aliphatic heterocycles. The quantitative estimate of drug-likeness (QED) is 0.737. The summed E-state index contributed by atoms with van der Waals surface area (Å²) in [6.07, 6.45) is 3.53. The topological polar surface area (TPSA) is 64.2 Å². The number of aromatic nitrogens is 3. The molecule has 2 unspecified atom stereocenters. The number of hydrogen-bond acceptors (Lipinski definition) is 4. The van der Waals surface area contributed by atoms with E-state index < -0.39 is 0 Å². The van der Waals surface area contributed by atoms with E-state index in [1.807, 2.05) is 36.1 Å². The number of carbonyl (C=O) groups is 1. The summed E-state index contributed by atoms with van der Waals surface area (Å²) in [5.74, 6) is 2.29. The molecule has 128 valence electrons. The van der Waals surface area contributed by atoms with Crippen LogP contribution >= 0.6 is 0 Å². The van der Waals surface area contributed by atoms with Crippen molar-refractivity contribution in [2.45, 2.75) is 38.8 Å². The van der Waals surface area contributed by atoms with Crippen molar-refractivity contribution >= 4 is 16.9 Å². The van der Waals surface area contributed by atoms with Gasteiger partial charge in [0.05, 0.1) is 17.6 Å². The lowest BCUT2D eigenvalue weighted by Crippen LogP contribution is -2.37. The molecule has 1 aliphatic carbocycles. The van der Waals surface area contributed by atoms with Crippen molar-refractivity contribution in [3.8, 4) is 0 Å². The number of nitrogens with zero attached hydrogens (tertiary/aromatic N) is 4. The number of para-hydroxylation sites is 2. The van der Waals surface area contributed by atoms with Crippen LogP contribution in [0.25, 0.3) is 11.0 Å². The molecule has 0 spiro atoms. The van der Waals surface area contributed by atoms with Crippen LogP contribution in [0.1, 0.15) is 41.3 Å². The maximum absolute atomic E-state index is 12.7. The standard InChI is InChI=1S/C19H20N4O2/c1-12-20-16-4-2-3-5-18(16)22(12)11-15-9-17(21-25-15)19(24)23-10-13-6-7-14(23)8-13/h2-5,9,13-14H,6-8,10-11H2,1H3. The number of amides is 1. The Kier molecular flexibility index (Phi) is 3.20. The number of benzene rings is 1. The van der Waals surface area contributed by atoms with E-state index in [0.29, 0.717) is 30.0 Å². The average Bonchev–Trinajstić information content (AvgIpc) is 3.39. The second-order valence-corrected chi connectivity index (χ2v) is 7.20. The summed E-state index contributed by atoms with van der Waals surface area (Å²) < 4.78 is 7.54. The Morgan fingerprint density at radius 1 is 1.32 bits per heavy atom. The van der Waals surface area contributed by atoms with Gasteiger partial charge in [0.2, 0.25) is 0 Å². The van der Waals surface area contributed by atoms with Gasteiger partial charge in [0.1, 0.15) is 5.82 Å². The number of carbonyl (C=O) groups excluding carboxylic acids is 1. The smallest absolute Gasteiger partial charge is 0.276 e. The predicted octanol–water partition coefficient (Wildman–Crippen LogP) is 3.01. The molecule has 2 aliphatic rings. The number of aryl methyl sites for hydroxylation is 1. The van der Waals surface area contributed by atoms with Gasteiger partial charge in [0.25, 0.3) is 5.91 Å². The average molecular weight is 336 g/mol. The van der Waals surface area contributed by atoms with E-state index >= 15 is 0 Å². The number of hydrogen-bond donors (Lipinski definition) is 0. The molecule has 25 heavy (non-hydrogen) atoms. The third-order valence-electron chi connectivity index (χ3n) is 5.61. The van der Waals surface area contributed by atoms with Gasteiger partial charge in [0.15, 0.2) is 11.5 Å². The van der Waals surface area contributed by atoms with Crippen molar-refractivity contribution in [1.82, 2.24) is 19.6 Å². The third kappa shape index (κ3) is 2.35. The van der Waals surface area contributed by atoms with Gasteiger partial charge in [-0.05, 0) is 44.2 Å². The van der Waals surface area contributed by atoms with Crippen LogP contribution in [0.5, 0.6) is 0 Å². The Balaban J connectivity index is 1.39. The zero-order valence-corrected chi connectivity index (χ0v) is 14.2. The highest BCUT2D eigenvalue weighted by Gasteiger charge is 2.41. The summed E-state index contributed by atoms with van der Waals surface area (Å²) in [4.78, 5) is 19.3. The van der Waals surface area contributed by atoms with Gasteiger partial charge in [-0.3, -0.25) is 4.79 Å². The van der Waals surface area contributed by atoms with Crippen molar-refractivity contribution in [2.75, 3.05) is 6.54 Å². The van der Waals surface area contributed by atoms with E-state index in [-0.39, 0.29) is 5.91 Å². The molecule has 1 saturated carbocycles. The largest absolute Gasteiger partial charge is 0.359 e. The Labute approximate surface area is 145 Å². The fourth-order valence-corrected chi connectivity index (χ4v) is 4.36. The summed E-state index contributed by atoms with van der Waals surface area (Å²) in [5.41, 5.74) is 2.44. The van der Waals surface area contributed by atoms with E-state index in [1.54, 1.807) is 6.07 Å². The van der Waals surface area contributed by atoms with Crippen LogP contribution in [-0.2, 0) is 6.54 Å². The van der Waals surface area contributed by atoms with Crippen LogP contribution in [0.15, 0.2) is 34.9 Å². The summed E-state index contributed by atoms with van der Waals surface area (Å²) in [6.45, 7) is 3.37. The number of imidazole rings is 1. The molecular weight excluding hydrogens is 316 g/mol. The van der Waals surface area contributed by atoms with E-state index in [1.165, 1.54) is 6.42 Å². The molecule has 2 bridgehead atoms. The number of piperidine rings is 1. The van der Waals surface area contributed by atoms with Crippen LogP contribution in [0, 0.1) is 12.8 Å². The molecule has 2 aromatic heterocycles. The number of rotatable bonds is 3. The van der Waals surface area contributed by atoms with Crippen molar-refractivity contribution in [3.05, 3.63) is 47.6 Å². The summed E-state index contributed by atoms with van der Waals surface area (Å²) in [7, 11) is 0. The second-order valence-electron chi connectivity index (χ2n) is 7.20. The molecule has 5 rings (SSSR count). The van der Waals surface area contributed by atoms with Crippen LogP contribution in [0.4, 0.5) is 0 Å². The first kappa shape index (κ1) is 14.7. The molecule has 6 nitrogen and oxygen atoms in total. The van der Waals surface area contributed by atoms with Crippen LogP contribution in [0.2, 0.25) is 0 Å². The SMILES string of the molecule is Cc1nc2ccccc2n1Cc1cc(C(=O)N2CC3CCC2C3)no1. The molecule has 1 saturated heterocycles. The maximum Gasteiger partial charge on any atom is 0.276 e. The minimum absolute atomic E-state index is 0.00871. The number of fused-ring (bicyclic) bond motifs is 3. The number of likely N-dealkylation sites (tertiary alicyclic amines) is 1. The van der Waals surface area contributed by atoms with Gasteiger partial charge in [0, 0.05) is 18.7 Å². The Morgan fingerprint density at radius 3 is 3.00 bits per heavy atom. The molecule has 1 aromatic carbocycles. The van der Waals surface area contributed by atoms with E-state index in [2.05, 4.69) is 14.7 Å². The van der Waals surface area contributed by atoms with Gasteiger partial charge >= 0.3 is 0 Å². The first-order valence-electron chi connectivity index (χ1n) is 8.87. The lowest BCUT2D eigenvalue weighted by molar-refractivity contribution is 0.0693. The Hall–Kier alpha value is -2.63. The Morgan fingerprint density at radius 2 is 2.20 bits per heavy atom. The fourth-order valence-electron chi connectivity index (χ4n) is 4.36. The fraction of sp³-hybridized carbons (Fsp3) is 0.421. The highest BCUT2D eigenvalue weighted by atomic mass is 16.5. The van der Waals surface area contributed by atoms with Crippen molar-refractivity contribution in [2.24, 2.45) is 5.92 Å². The monoisotopic (exact) mass is 336 g/mol. The predicted molar refractivity (Wildman–Crippen MR) is 92.2 cm³/mol. The van der Waals surface area contributed by atoms with Crippen molar-refractivity contribution < 1.29 is 9.32 Å². The van der Waals surface area contributed by atoms with Gasteiger partial charge in [-0.1, -0.05) is 17.3 Å². The molecule has 2 atom stereocenters. The van der Waals surface area contributed by atoms with Crippen molar-refractivity contribution in [1.29, 1.82) is 0 Å². The molecule has 3 aromatic rings. The second kappa shape index (κ2) is 5.44. The zero-order valence-electron chi connectivity index (χ0n) is 14.2. The molecule has 0 radical (unpaired) electrons. The molecular formula is C19H20N4O2. The first-order chi connectivity index (χ1) is 12.2. The molecule has 3 heterocycles. The van der Waals surface area contributed by atoms with Gasteiger partial charge in [-0.2, -0.15) is 0 Å². The van der Waals surface area contributed by atoms with E-state index in [0.717, 1.165) is 36.2 Å². The van der Waals surface area contributed by atoms with Crippen LogP contribution in [-0.4, -0.2) is 38.1 Å². The van der Waals surface area contributed by atoms with E-state index in [4.69, 9.17) is 4.52 Å². The normalized spacial score (nSPS) is 22.2. The maximum atomic E-state index is 12.7. The van der Waals surface area contributed by atoms with Gasteiger partial charge in [-0.25, -0.2) is 4.98 Å².